The summed E-state index contributed by atoms with van der Waals surface area (Å²) in [5.74, 6) is -0.560. The van der Waals surface area contributed by atoms with Gasteiger partial charge in [-0.15, -0.1) is 0 Å². The molecule has 1 aromatic rings. The Labute approximate surface area is 106 Å². The number of hydrogen-bond acceptors (Lipinski definition) is 3. The molecule has 5 nitrogen and oxygen atoms in total. The lowest BCUT2D eigenvalue weighted by Crippen LogP contribution is -2.33. The zero-order valence-electron chi connectivity index (χ0n) is 10.1. The summed E-state index contributed by atoms with van der Waals surface area (Å²) in [6.45, 7) is 4.74. The van der Waals surface area contributed by atoms with Gasteiger partial charge in [-0.25, -0.2) is 0 Å². The number of aromatic nitrogens is 2. The molecule has 1 atom stereocenters. The van der Waals surface area contributed by atoms with Crippen molar-refractivity contribution in [2.45, 2.75) is 33.2 Å². The third kappa shape index (κ3) is 3.81. The summed E-state index contributed by atoms with van der Waals surface area (Å²) < 4.78 is 1.74. The first kappa shape index (κ1) is 13.6. The summed E-state index contributed by atoms with van der Waals surface area (Å²) in [6.07, 6.45) is 4.93. The maximum atomic E-state index is 11.9. The van der Waals surface area contributed by atoms with E-state index in [4.69, 9.17) is 18.0 Å². The van der Waals surface area contributed by atoms with Crippen LogP contribution in [0.3, 0.4) is 0 Å². The molecule has 0 saturated carbocycles. The number of rotatable bonds is 6. The van der Waals surface area contributed by atoms with Crippen LogP contribution in [0.15, 0.2) is 12.4 Å². The lowest BCUT2D eigenvalue weighted by Gasteiger charge is -2.13. The Balaban J connectivity index is 2.66. The van der Waals surface area contributed by atoms with Gasteiger partial charge in [0.05, 0.1) is 22.8 Å². The number of nitrogens with zero attached hydrogens (tertiary/aromatic N) is 2. The highest BCUT2D eigenvalue weighted by Crippen LogP contribution is 2.12. The lowest BCUT2D eigenvalue weighted by molar-refractivity contribution is -0.118. The van der Waals surface area contributed by atoms with Gasteiger partial charge in [-0.05, 0) is 13.3 Å². The second-order valence-corrected chi connectivity index (χ2v) is 4.29. The van der Waals surface area contributed by atoms with Gasteiger partial charge < -0.3 is 11.1 Å². The largest absolute Gasteiger partial charge is 0.393 e. The predicted molar refractivity (Wildman–Crippen MR) is 71.7 cm³/mol. The van der Waals surface area contributed by atoms with Gasteiger partial charge in [0, 0.05) is 12.7 Å². The number of hydrogen-bond donors (Lipinski definition) is 2. The Hall–Kier alpha value is -1.43. The second kappa shape index (κ2) is 6.34. The van der Waals surface area contributed by atoms with E-state index in [1.165, 1.54) is 0 Å². The fraction of sp³-hybridized carbons (Fsp3) is 0.545. The molecule has 0 aliphatic rings. The number of amides is 1. The number of nitrogens with one attached hydrogen (secondary N) is 1. The van der Waals surface area contributed by atoms with Gasteiger partial charge in [-0.3, -0.25) is 9.48 Å². The summed E-state index contributed by atoms with van der Waals surface area (Å²) in [5, 5.41) is 6.85. The Morgan fingerprint density at radius 3 is 2.82 bits per heavy atom. The molecule has 0 saturated heterocycles. The van der Waals surface area contributed by atoms with E-state index < -0.39 is 5.92 Å². The van der Waals surface area contributed by atoms with Gasteiger partial charge in [0.1, 0.15) is 0 Å². The molecule has 1 aromatic heterocycles. The summed E-state index contributed by atoms with van der Waals surface area (Å²) in [5.41, 5.74) is 6.23. The second-order valence-electron chi connectivity index (χ2n) is 3.82. The van der Waals surface area contributed by atoms with Crippen molar-refractivity contribution in [3.8, 4) is 0 Å². The maximum Gasteiger partial charge on any atom is 0.234 e. The van der Waals surface area contributed by atoms with Crippen LogP contribution in [0, 0.1) is 5.92 Å². The number of nitrogens with two attached hydrogens (primary N) is 1. The molecule has 0 aliphatic carbocycles. The number of anilines is 1. The minimum Gasteiger partial charge on any atom is -0.393 e. The van der Waals surface area contributed by atoms with Gasteiger partial charge in [0.25, 0.3) is 0 Å². The first-order valence-electron chi connectivity index (χ1n) is 5.71. The summed E-state index contributed by atoms with van der Waals surface area (Å²) in [4.78, 5) is 12.2. The van der Waals surface area contributed by atoms with Crippen molar-refractivity contribution >= 4 is 28.8 Å². The zero-order chi connectivity index (χ0) is 12.8. The Bertz CT molecular complexity index is 402. The SMILES string of the molecule is CCCC(C(=O)Nc1cnn(CC)c1)C(N)=S. The van der Waals surface area contributed by atoms with Crippen LogP contribution in [0.2, 0.25) is 0 Å². The van der Waals surface area contributed by atoms with Crippen LogP contribution in [0.25, 0.3) is 0 Å². The van der Waals surface area contributed by atoms with E-state index in [1.807, 2.05) is 13.8 Å². The molecule has 0 spiro atoms. The molecule has 0 bridgehead atoms. The predicted octanol–water partition coefficient (Wildman–Crippen LogP) is 1.54. The minimum atomic E-state index is -0.403. The molecule has 6 heteroatoms. The highest BCUT2D eigenvalue weighted by Gasteiger charge is 2.20. The molecular formula is C11H18N4OS. The van der Waals surface area contributed by atoms with E-state index in [1.54, 1.807) is 17.1 Å². The number of aryl methyl sites for hydroxylation is 1. The highest BCUT2D eigenvalue weighted by atomic mass is 32.1. The average Bonchev–Trinajstić information content (AvgIpc) is 2.72. The van der Waals surface area contributed by atoms with Gasteiger partial charge >= 0.3 is 0 Å². The van der Waals surface area contributed by atoms with Gasteiger partial charge in [0.15, 0.2) is 0 Å². The summed E-state index contributed by atoms with van der Waals surface area (Å²) in [6, 6.07) is 0. The standard InChI is InChI=1S/C11H18N4OS/c1-3-5-9(10(12)17)11(16)14-8-6-13-15(4-2)7-8/h6-7,9H,3-5H2,1-2H3,(H2,12,17)(H,14,16). The Morgan fingerprint density at radius 1 is 1.65 bits per heavy atom. The van der Waals surface area contributed by atoms with E-state index in [0.717, 1.165) is 13.0 Å². The summed E-state index contributed by atoms with van der Waals surface area (Å²) >= 11 is 4.90. The molecule has 1 unspecified atom stereocenters. The quantitative estimate of drug-likeness (QED) is 0.755. The van der Waals surface area contributed by atoms with E-state index >= 15 is 0 Å². The fourth-order valence-electron chi connectivity index (χ4n) is 1.52. The third-order valence-electron chi connectivity index (χ3n) is 2.46. The van der Waals surface area contributed by atoms with E-state index in [9.17, 15) is 4.79 Å². The van der Waals surface area contributed by atoms with Crippen molar-refractivity contribution in [3.05, 3.63) is 12.4 Å². The number of carbonyl (C=O) groups excluding carboxylic acids is 1. The van der Waals surface area contributed by atoms with Gasteiger partial charge in [0.2, 0.25) is 5.91 Å². The van der Waals surface area contributed by atoms with Crippen LogP contribution in [0.4, 0.5) is 5.69 Å². The molecule has 1 amide bonds. The molecule has 3 N–H and O–H groups in total. The first-order chi connectivity index (χ1) is 8.08. The summed E-state index contributed by atoms with van der Waals surface area (Å²) in [7, 11) is 0. The third-order valence-corrected chi connectivity index (χ3v) is 2.75. The monoisotopic (exact) mass is 254 g/mol. The average molecular weight is 254 g/mol. The van der Waals surface area contributed by atoms with E-state index in [-0.39, 0.29) is 10.9 Å². The van der Waals surface area contributed by atoms with Crippen LogP contribution in [-0.2, 0) is 11.3 Å². The van der Waals surface area contributed by atoms with E-state index in [0.29, 0.717) is 12.1 Å². The molecule has 94 valence electrons. The molecule has 0 fully saturated rings. The Kier molecular flexibility index (Phi) is 5.09. The highest BCUT2D eigenvalue weighted by molar-refractivity contribution is 7.80. The molecule has 0 aliphatic heterocycles. The Morgan fingerprint density at radius 2 is 2.35 bits per heavy atom. The molecular weight excluding hydrogens is 236 g/mol. The molecule has 1 heterocycles. The zero-order valence-corrected chi connectivity index (χ0v) is 11.0. The smallest absolute Gasteiger partial charge is 0.234 e. The first-order valence-corrected chi connectivity index (χ1v) is 6.11. The van der Waals surface area contributed by atoms with Crippen molar-refractivity contribution < 1.29 is 4.79 Å². The van der Waals surface area contributed by atoms with Gasteiger partial charge in [-0.1, -0.05) is 25.6 Å². The minimum absolute atomic E-state index is 0.157. The topological polar surface area (TPSA) is 72.9 Å². The van der Waals surface area contributed by atoms with Crippen LogP contribution in [0.5, 0.6) is 0 Å². The van der Waals surface area contributed by atoms with Crippen LogP contribution >= 0.6 is 12.2 Å². The van der Waals surface area contributed by atoms with Crippen molar-refractivity contribution in [3.63, 3.8) is 0 Å². The van der Waals surface area contributed by atoms with Crippen molar-refractivity contribution in [1.29, 1.82) is 0 Å². The van der Waals surface area contributed by atoms with Crippen LogP contribution in [-0.4, -0.2) is 20.7 Å². The molecule has 0 aromatic carbocycles. The molecule has 1 rings (SSSR count). The molecule has 17 heavy (non-hydrogen) atoms. The van der Waals surface area contributed by atoms with Crippen LogP contribution < -0.4 is 11.1 Å². The number of thiocarbonyl (C=S) groups is 1. The molecule has 0 radical (unpaired) electrons. The lowest BCUT2D eigenvalue weighted by atomic mass is 10.0. The van der Waals surface area contributed by atoms with Gasteiger partial charge in [-0.2, -0.15) is 5.10 Å². The van der Waals surface area contributed by atoms with Crippen molar-refractivity contribution in [1.82, 2.24) is 9.78 Å². The van der Waals surface area contributed by atoms with Crippen molar-refractivity contribution in [2.24, 2.45) is 11.7 Å². The van der Waals surface area contributed by atoms with Crippen LogP contribution in [0.1, 0.15) is 26.7 Å². The van der Waals surface area contributed by atoms with E-state index in [2.05, 4.69) is 10.4 Å². The fourth-order valence-corrected chi connectivity index (χ4v) is 1.75. The number of carbonyl (C=O) groups is 1. The normalized spacial score (nSPS) is 12.1. The maximum absolute atomic E-state index is 11.9. The van der Waals surface area contributed by atoms with Crippen molar-refractivity contribution in [2.75, 3.05) is 5.32 Å².